The molecular formula is C16H15NO3S. The Morgan fingerprint density at radius 2 is 2.00 bits per heavy atom. The van der Waals surface area contributed by atoms with E-state index in [1.807, 2.05) is 19.9 Å². The molecule has 0 bridgehead atoms. The maximum Gasteiger partial charge on any atom is 0.335 e. The fraction of sp³-hybridized carbons (Fsp3) is 0.250. The summed E-state index contributed by atoms with van der Waals surface area (Å²) in [5.74, 6) is -1.02. The van der Waals surface area contributed by atoms with E-state index < -0.39 is 5.97 Å². The highest BCUT2D eigenvalue weighted by Crippen LogP contribution is 2.32. The molecule has 2 aromatic rings. The zero-order valence-electron chi connectivity index (χ0n) is 11.8. The number of hydrogen-bond acceptors (Lipinski definition) is 3. The minimum absolute atomic E-state index is 0.0434. The van der Waals surface area contributed by atoms with Crippen molar-refractivity contribution in [3.05, 3.63) is 50.7 Å². The first-order valence-corrected chi connectivity index (χ1v) is 7.54. The summed E-state index contributed by atoms with van der Waals surface area (Å²) >= 11 is 1.60. The van der Waals surface area contributed by atoms with Crippen molar-refractivity contribution in [2.24, 2.45) is 0 Å². The minimum atomic E-state index is -0.973. The van der Waals surface area contributed by atoms with Gasteiger partial charge in [-0.15, -0.1) is 11.3 Å². The van der Waals surface area contributed by atoms with E-state index >= 15 is 0 Å². The molecule has 1 aliphatic heterocycles. The molecule has 0 atom stereocenters. The largest absolute Gasteiger partial charge is 0.478 e. The zero-order valence-corrected chi connectivity index (χ0v) is 12.7. The maximum absolute atomic E-state index is 12.7. The number of benzene rings is 1. The van der Waals surface area contributed by atoms with Crippen LogP contribution in [0.1, 0.15) is 36.0 Å². The average Bonchev–Trinajstić information content (AvgIpc) is 3.00. The van der Waals surface area contributed by atoms with Crippen molar-refractivity contribution in [3.63, 3.8) is 0 Å². The zero-order chi connectivity index (χ0) is 15.1. The van der Waals surface area contributed by atoms with E-state index in [0.29, 0.717) is 12.1 Å². The van der Waals surface area contributed by atoms with Gasteiger partial charge in [0.1, 0.15) is 0 Å². The van der Waals surface area contributed by atoms with Crippen molar-refractivity contribution >= 4 is 28.9 Å². The molecule has 0 radical (unpaired) electrons. The fourth-order valence-corrected chi connectivity index (χ4v) is 3.63. The van der Waals surface area contributed by atoms with Crippen LogP contribution in [0.25, 0.3) is 0 Å². The Morgan fingerprint density at radius 3 is 2.62 bits per heavy atom. The molecule has 0 unspecified atom stereocenters. The quantitative estimate of drug-likeness (QED) is 0.926. The number of carbonyl (C=O) groups is 2. The molecule has 0 aliphatic carbocycles. The van der Waals surface area contributed by atoms with Gasteiger partial charge in [-0.25, -0.2) is 4.79 Å². The van der Waals surface area contributed by atoms with Gasteiger partial charge >= 0.3 is 5.97 Å². The molecule has 0 saturated carbocycles. The second kappa shape index (κ2) is 5.00. The van der Waals surface area contributed by atoms with Crippen LogP contribution < -0.4 is 4.90 Å². The number of nitrogens with zero attached hydrogens (tertiary/aromatic N) is 1. The number of carboxylic acid groups (broad SMARTS) is 1. The van der Waals surface area contributed by atoms with Crippen molar-refractivity contribution in [3.8, 4) is 0 Å². The van der Waals surface area contributed by atoms with Crippen molar-refractivity contribution in [1.82, 2.24) is 0 Å². The van der Waals surface area contributed by atoms with Crippen molar-refractivity contribution in [1.29, 1.82) is 0 Å². The van der Waals surface area contributed by atoms with Crippen molar-refractivity contribution < 1.29 is 14.7 Å². The second-order valence-corrected chi connectivity index (χ2v) is 6.64. The predicted molar refractivity (Wildman–Crippen MR) is 82.6 cm³/mol. The lowest BCUT2D eigenvalue weighted by Crippen LogP contribution is -2.29. The third-order valence-electron chi connectivity index (χ3n) is 3.74. The number of carboxylic acids is 1. The molecule has 5 heteroatoms. The number of rotatable bonds is 2. The highest BCUT2D eigenvalue weighted by Gasteiger charge is 2.28. The Balaban J connectivity index is 2.00. The third kappa shape index (κ3) is 2.34. The average molecular weight is 301 g/mol. The van der Waals surface area contributed by atoms with Gasteiger partial charge < -0.3 is 10.0 Å². The number of hydrogen-bond donors (Lipinski definition) is 1. The van der Waals surface area contributed by atoms with E-state index in [1.54, 1.807) is 34.4 Å². The Hall–Kier alpha value is -2.14. The molecular weight excluding hydrogens is 286 g/mol. The molecule has 0 saturated heterocycles. The minimum Gasteiger partial charge on any atom is -0.478 e. The van der Waals surface area contributed by atoms with Crippen LogP contribution in [-0.4, -0.2) is 23.5 Å². The van der Waals surface area contributed by atoms with E-state index in [2.05, 4.69) is 0 Å². The number of fused-ring (bicyclic) bond motifs is 1. The molecule has 2 heterocycles. The molecule has 1 amide bonds. The van der Waals surface area contributed by atoms with Gasteiger partial charge in [0.15, 0.2) is 0 Å². The molecule has 3 rings (SSSR count). The summed E-state index contributed by atoms with van der Waals surface area (Å²) in [4.78, 5) is 27.6. The molecule has 1 N–H and O–H groups in total. The number of carbonyl (C=O) groups excluding carboxylic acids is 1. The first-order chi connectivity index (χ1) is 9.97. The molecule has 1 aromatic carbocycles. The lowest BCUT2D eigenvalue weighted by Gasteiger charge is -2.17. The van der Waals surface area contributed by atoms with Crippen molar-refractivity contribution in [2.75, 3.05) is 11.4 Å². The molecule has 0 spiro atoms. The molecule has 1 aliphatic rings. The van der Waals surface area contributed by atoms with E-state index in [0.717, 1.165) is 27.4 Å². The number of aryl methyl sites for hydroxylation is 2. The summed E-state index contributed by atoms with van der Waals surface area (Å²) in [6, 6.07) is 6.89. The summed E-state index contributed by atoms with van der Waals surface area (Å²) in [5, 5.41) is 9.10. The normalized spacial score (nSPS) is 13.3. The lowest BCUT2D eigenvalue weighted by atomic mass is 10.1. The van der Waals surface area contributed by atoms with Crippen LogP contribution in [0.3, 0.4) is 0 Å². The summed E-state index contributed by atoms with van der Waals surface area (Å²) in [7, 11) is 0. The summed E-state index contributed by atoms with van der Waals surface area (Å²) < 4.78 is 0. The summed E-state index contributed by atoms with van der Waals surface area (Å²) in [5.41, 5.74) is 2.68. The van der Waals surface area contributed by atoms with Crippen LogP contribution in [0.15, 0.2) is 24.3 Å². The van der Waals surface area contributed by atoms with E-state index in [4.69, 9.17) is 5.11 Å². The molecule has 1 aromatic heterocycles. The molecule has 0 fully saturated rings. The first-order valence-electron chi connectivity index (χ1n) is 6.72. The van der Waals surface area contributed by atoms with E-state index in [9.17, 15) is 9.59 Å². The van der Waals surface area contributed by atoms with E-state index in [1.165, 1.54) is 0 Å². The van der Waals surface area contributed by atoms with Gasteiger partial charge in [0, 0.05) is 22.0 Å². The molecule has 4 nitrogen and oxygen atoms in total. The fourth-order valence-electron chi connectivity index (χ4n) is 2.71. The number of amides is 1. The van der Waals surface area contributed by atoms with Gasteiger partial charge in [0.2, 0.25) is 0 Å². The number of aromatic carboxylic acids is 1. The standard InChI is InChI=1S/C16H15NO3S/c1-9-7-13(10(2)21-9)15(18)17-6-5-11-3-4-12(16(19)20)8-14(11)17/h3-4,7-8H,5-6H2,1-2H3,(H,19,20). The van der Waals surface area contributed by atoms with Crippen LogP contribution in [0.2, 0.25) is 0 Å². The Bertz CT molecular complexity index is 748. The number of thiophene rings is 1. The Morgan fingerprint density at radius 1 is 1.24 bits per heavy atom. The van der Waals surface area contributed by atoms with Gasteiger partial charge in [-0.3, -0.25) is 4.79 Å². The van der Waals surface area contributed by atoms with Crippen LogP contribution in [0.4, 0.5) is 5.69 Å². The highest BCUT2D eigenvalue weighted by molar-refractivity contribution is 7.12. The van der Waals surface area contributed by atoms with Gasteiger partial charge in [-0.1, -0.05) is 6.07 Å². The third-order valence-corrected chi connectivity index (χ3v) is 4.71. The second-order valence-electron chi connectivity index (χ2n) is 5.18. The summed E-state index contributed by atoms with van der Waals surface area (Å²) in [6.07, 6.45) is 0.767. The van der Waals surface area contributed by atoms with Crippen molar-refractivity contribution in [2.45, 2.75) is 20.3 Å². The van der Waals surface area contributed by atoms with Crippen LogP contribution in [0, 0.1) is 13.8 Å². The van der Waals surface area contributed by atoms with Crippen LogP contribution in [-0.2, 0) is 6.42 Å². The monoisotopic (exact) mass is 301 g/mol. The predicted octanol–water partition coefficient (Wildman–Crippen LogP) is 3.27. The van der Waals surface area contributed by atoms with E-state index in [-0.39, 0.29) is 11.5 Å². The molecule has 21 heavy (non-hydrogen) atoms. The van der Waals surface area contributed by atoms with Gasteiger partial charge in [-0.05, 0) is 44.0 Å². The van der Waals surface area contributed by atoms with Gasteiger partial charge in [-0.2, -0.15) is 0 Å². The molecule has 108 valence electrons. The highest BCUT2D eigenvalue weighted by atomic mass is 32.1. The Kier molecular flexibility index (Phi) is 3.29. The van der Waals surface area contributed by atoms with Gasteiger partial charge in [0.05, 0.1) is 11.1 Å². The Labute approximate surface area is 126 Å². The number of anilines is 1. The van der Waals surface area contributed by atoms with Crippen LogP contribution in [0.5, 0.6) is 0 Å². The summed E-state index contributed by atoms with van der Waals surface area (Å²) in [6.45, 7) is 4.52. The first kappa shape index (κ1) is 13.8. The van der Waals surface area contributed by atoms with Crippen LogP contribution >= 0.6 is 11.3 Å². The maximum atomic E-state index is 12.7. The van der Waals surface area contributed by atoms with Gasteiger partial charge in [0.25, 0.3) is 5.91 Å². The lowest BCUT2D eigenvalue weighted by molar-refractivity contribution is 0.0696. The smallest absolute Gasteiger partial charge is 0.335 e. The topological polar surface area (TPSA) is 57.6 Å². The SMILES string of the molecule is Cc1cc(C(=O)N2CCc3ccc(C(=O)O)cc32)c(C)s1.